The smallest absolute Gasteiger partial charge is 0.221 e. The van der Waals surface area contributed by atoms with Crippen molar-refractivity contribution < 1.29 is 9.53 Å². The molecule has 0 unspecified atom stereocenters. The molecule has 1 aliphatic carbocycles. The van der Waals surface area contributed by atoms with Crippen molar-refractivity contribution in [3.63, 3.8) is 0 Å². The highest BCUT2D eigenvalue weighted by molar-refractivity contribution is 14.0. The Morgan fingerprint density at radius 2 is 1.86 bits per heavy atom. The van der Waals surface area contributed by atoms with Crippen LogP contribution in [0.1, 0.15) is 25.3 Å². The Hall–Kier alpha value is -2.29. The van der Waals surface area contributed by atoms with Crippen molar-refractivity contribution in [2.24, 2.45) is 4.99 Å². The van der Waals surface area contributed by atoms with Crippen LogP contribution in [-0.4, -0.2) is 38.6 Å². The molecule has 1 saturated carbocycles. The van der Waals surface area contributed by atoms with Gasteiger partial charge in [0.1, 0.15) is 12.4 Å². The number of guanidine groups is 1. The van der Waals surface area contributed by atoms with E-state index in [0.717, 1.165) is 23.9 Å². The van der Waals surface area contributed by atoms with Crippen LogP contribution in [0.25, 0.3) is 0 Å². The molecule has 0 spiro atoms. The van der Waals surface area contributed by atoms with E-state index in [2.05, 4.69) is 51.3 Å². The summed E-state index contributed by atoms with van der Waals surface area (Å²) in [4.78, 5) is 15.4. The number of anilines is 1. The standard InChI is InChI=1S/C22H28N4O2.HI/c1-17(27)26-19-9-6-10-20(15-19)28-14-13-24-21(23-2)25-16-22(11-12-22)18-7-4-3-5-8-18;/h3-10,15H,11-14,16H2,1-2H3,(H,26,27)(H2,23,24,25);1H. The Bertz CT molecular complexity index is 823. The quantitative estimate of drug-likeness (QED) is 0.221. The zero-order valence-electron chi connectivity index (χ0n) is 16.9. The molecule has 156 valence electrons. The molecule has 6 nitrogen and oxygen atoms in total. The van der Waals surface area contributed by atoms with E-state index in [0.29, 0.717) is 13.2 Å². The van der Waals surface area contributed by atoms with Crippen LogP contribution in [0.4, 0.5) is 5.69 Å². The molecule has 0 saturated heterocycles. The minimum atomic E-state index is -0.0994. The number of benzene rings is 2. The Balaban J connectivity index is 0.00000300. The topological polar surface area (TPSA) is 74.8 Å². The molecule has 0 heterocycles. The second kappa shape index (κ2) is 11.0. The Labute approximate surface area is 189 Å². The predicted octanol–water partition coefficient (Wildman–Crippen LogP) is 3.54. The zero-order valence-corrected chi connectivity index (χ0v) is 19.2. The van der Waals surface area contributed by atoms with Crippen LogP contribution >= 0.6 is 24.0 Å². The maximum atomic E-state index is 11.1. The molecule has 29 heavy (non-hydrogen) atoms. The van der Waals surface area contributed by atoms with E-state index in [9.17, 15) is 4.79 Å². The predicted molar refractivity (Wildman–Crippen MR) is 128 cm³/mol. The van der Waals surface area contributed by atoms with Gasteiger partial charge in [0.05, 0.1) is 6.54 Å². The van der Waals surface area contributed by atoms with E-state index in [4.69, 9.17) is 4.74 Å². The first-order valence-electron chi connectivity index (χ1n) is 9.62. The molecule has 1 amide bonds. The van der Waals surface area contributed by atoms with E-state index in [1.165, 1.54) is 25.3 Å². The van der Waals surface area contributed by atoms with Gasteiger partial charge in [-0.2, -0.15) is 0 Å². The number of ether oxygens (including phenoxy) is 1. The molecule has 3 N–H and O–H groups in total. The van der Waals surface area contributed by atoms with E-state index < -0.39 is 0 Å². The van der Waals surface area contributed by atoms with E-state index in [1.807, 2.05) is 24.3 Å². The lowest BCUT2D eigenvalue weighted by atomic mass is 9.96. The summed E-state index contributed by atoms with van der Waals surface area (Å²) in [6.07, 6.45) is 2.41. The van der Waals surface area contributed by atoms with Gasteiger partial charge in [-0.1, -0.05) is 36.4 Å². The number of hydrogen-bond donors (Lipinski definition) is 3. The molecule has 2 aromatic carbocycles. The fraction of sp³-hybridized carbons (Fsp3) is 0.364. The second-order valence-corrected chi connectivity index (χ2v) is 7.06. The van der Waals surface area contributed by atoms with Crippen LogP contribution in [0, 0.1) is 0 Å². The van der Waals surface area contributed by atoms with Gasteiger partial charge in [0.25, 0.3) is 0 Å². The summed E-state index contributed by atoms with van der Waals surface area (Å²) >= 11 is 0. The van der Waals surface area contributed by atoms with Crippen molar-refractivity contribution in [2.45, 2.75) is 25.2 Å². The molecular formula is C22H29IN4O2. The third-order valence-electron chi connectivity index (χ3n) is 4.88. The molecule has 2 aromatic rings. The summed E-state index contributed by atoms with van der Waals surface area (Å²) in [5, 5.41) is 9.47. The zero-order chi connectivity index (χ0) is 19.8. The van der Waals surface area contributed by atoms with Gasteiger partial charge in [-0.3, -0.25) is 9.79 Å². The van der Waals surface area contributed by atoms with Crippen LogP contribution < -0.4 is 20.7 Å². The van der Waals surface area contributed by atoms with E-state index in [1.54, 1.807) is 7.05 Å². The van der Waals surface area contributed by atoms with Crippen molar-refractivity contribution in [2.75, 3.05) is 32.1 Å². The highest BCUT2D eigenvalue weighted by Crippen LogP contribution is 2.47. The Morgan fingerprint density at radius 3 is 2.52 bits per heavy atom. The lowest BCUT2D eigenvalue weighted by Gasteiger charge is -2.19. The monoisotopic (exact) mass is 508 g/mol. The van der Waals surface area contributed by atoms with Gasteiger partial charge in [0.15, 0.2) is 5.96 Å². The number of amides is 1. The first kappa shape index (κ1) is 23.0. The molecule has 7 heteroatoms. The average molecular weight is 508 g/mol. The number of aliphatic imine (C=N–C) groups is 1. The Kier molecular flexibility index (Phi) is 8.75. The van der Waals surface area contributed by atoms with E-state index in [-0.39, 0.29) is 35.3 Å². The molecule has 0 radical (unpaired) electrons. The van der Waals surface area contributed by atoms with Gasteiger partial charge in [-0.05, 0) is 30.5 Å². The van der Waals surface area contributed by atoms with E-state index >= 15 is 0 Å². The van der Waals surface area contributed by atoms with Crippen LogP contribution in [0.5, 0.6) is 5.75 Å². The van der Waals surface area contributed by atoms with Gasteiger partial charge >= 0.3 is 0 Å². The second-order valence-electron chi connectivity index (χ2n) is 7.06. The normalized spacial score (nSPS) is 14.3. The van der Waals surface area contributed by atoms with Crippen LogP contribution in [0.2, 0.25) is 0 Å². The summed E-state index contributed by atoms with van der Waals surface area (Å²) in [6.45, 7) is 3.48. The van der Waals surface area contributed by atoms with Gasteiger partial charge in [-0.25, -0.2) is 0 Å². The van der Waals surface area contributed by atoms with Crippen molar-refractivity contribution in [1.29, 1.82) is 0 Å². The first-order valence-corrected chi connectivity index (χ1v) is 9.62. The summed E-state index contributed by atoms with van der Waals surface area (Å²) in [6, 6.07) is 18.0. The van der Waals surface area contributed by atoms with Crippen molar-refractivity contribution in [3.05, 3.63) is 60.2 Å². The molecular weight excluding hydrogens is 479 g/mol. The van der Waals surface area contributed by atoms with Gasteiger partial charge < -0.3 is 20.7 Å². The number of halogens is 1. The van der Waals surface area contributed by atoms with Crippen LogP contribution in [-0.2, 0) is 10.2 Å². The maximum absolute atomic E-state index is 11.1. The highest BCUT2D eigenvalue weighted by atomic mass is 127. The number of carbonyl (C=O) groups excluding carboxylic acids is 1. The minimum absolute atomic E-state index is 0. The van der Waals surface area contributed by atoms with Gasteiger partial charge in [0.2, 0.25) is 5.91 Å². The third kappa shape index (κ3) is 6.92. The van der Waals surface area contributed by atoms with Crippen molar-refractivity contribution >= 4 is 41.5 Å². The average Bonchev–Trinajstić information content (AvgIpc) is 3.49. The summed E-state index contributed by atoms with van der Waals surface area (Å²) in [7, 11) is 1.77. The minimum Gasteiger partial charge on any atom is -0.492 e. The molecule has 1 fully saturated rings. The lowest BCUT2D eigenvalue weighted by molar-refractivity contribution is -0.114. The summed E-state index contributed by atoms with van der Waals surface area (Å²) < 4.78 is 5.75. The molecule has 1 aliphatic rings. The molecule has 0 aromatic heterocycles. The summed E-state index contributed by atoms with van der Waals surface area (Å²) in [5.41, 5.74) is 2.35. The number of carbonyl (C=O) groups is 1. The number of hydrogen-bond acceptors (Lipinski definition) is 3. The lowest BCUT2D eigenvalue weighted by Crippen LogP contribution is -2.42. The van der Waals surface area contributed by atoms with Gasteiger partial charge in [-0.15, -0.1) is 24.0 Å². The molecule has 0 bridgehead atoms. The largest absolute Gasteiger partial charge is 0.492 e. The molecule has 0 aliphatic heterocycles. The molecule has 3 rings (SSSR count). The number of rotatable bonds is 8. The fourth-order valence-corrected chi connectivity index (χ4v) is 3.19. The van der Waals surface area contributed by atoms with Crippen molar-refractivity contribution in [1.82, 2.24) is 10.6 Å². The highest BCUT2D eigenvalue weighted by Gasteiger charge is 2.43. The number of nitrogens with zero attached hydrogens (tertiary/aromatic N) is 1. The molecule has 0 atom stereocenters. The third-order valence-corrected chi connectivity index (χ3v) is 4.88. The first-order chi connectivity index (χ1) is 13.6. The van der Waals surface area contributed by atoms with Crippen LogP contribution in [0.3, 0.4) is 0 Å². The van der Waals surface area contributed by atoms with Crippen LogP contribution in [0.15, 0.2) is 59.6 Å². The number of nitrogens with one attached hydrogen (secondary N) is 3. The Morgan fingerprint density at radius 1 is 1.10 bits per heavy atom. The fourth-order valence-electron chi connectivity index (χ4n) is 3.19. The van der Waals surface area contributed by atoms with Gasteiger partial charge in [0, 0.05) is 37.7 Å². The maximum Gasteiger partial charge on any atom is 0.221 e. The SMILES string of the molecule is CN=C(NCCOc1cccc(NC(C)=O)c1)NCC1(c2ccccc2)CC1.I. The van der Waals surface area contributed by atoms with Crippen molar-refractivity contribution in [3.8, 4) is 5.75 Å². The summed E-state index contributed by atoms with van der Waals surface area (Å²) in [5.74, 6) is 1.40.